The van der Waals surface area contributed by atoms with Gasteiger partial charge in [0.1, 0.15) is 0 Å². The Kier molecular flexibility index (Phi) is 1.49. The predicted molar refractivity (Wildman–Crippen MR) is 31.9 cm³/mol. The van der Waals surface area contributed by atoms with E-state index in [0.29, 0.717) is 0 Å². The van der Waals surface area contributed by atoms with Gasteiger partial charge in [-0.15, -0.1) is 0 Å². The third kappa shape index (κ3) is 1.04. The smallest absolute Gasteiger partial charge is 0.327 e. The van der Waals surface area contributed by atoms with E-state index >= 15 is 0 Å². The molecule has 3 heteroatoms. The first-order valence-electron chi connectivity index (χ1n) is 1.93. The lowest BCUT2D eigenvalue weighted by Gasteiger charge is -1.74. The standard InChI is InChI=1S/C4H4BOS/c6-5-4-1-2-7-3-4/h1-3,6H. The van der Waals surface area contributed by atoms with Crippen molar-refractivity contribution in [2.45, 2.75) is 0 Å². The van der Waals surface area contributed by atoms with Gasteiger partial charge in [-0.1, -0.05) is 6.07 Å². The maximum atomic E-state index is 8.31. The van der Waals surface area contributed by atoms with Gasteiger partial charge >= 0.3 is 7.48 Å². The molecule has 1 nitrogen and oxygen atoms in total. The van der Waals surface area contributed by atoms with Gasteiger partial charge in [0.2, 0.25) is 0 Å². The van der Waals surface area contributed by atoms with Crippen molar-refractivity contribution in [3.8, 4) is 0 Å². The third-order valence-electron chi connectivity index (χ3n) is 0.692. The van der Waals surface area contributed by atoms with E-state index in [1.54, 1.807) is 11.3 Å². The molecule has 0 atom stereocenters. The summed E-state index contributed by atoms with van der Waals surface area (Å²) in [7, 11) is 1.09. The van der Waals surface area contributed by atoms with E-state index in [0.717, 1.165) is 12.9 Å². The molecular formula is C4H4BOS. The maximum Gasteiger partial charge on any atom is 0.327 e. The minimum atomic E-state index is 0.880. The summed E-state index contributed by atoms with van der Waals surface area (Å²) in [5.41, 5.74) is 0.880. The second kappa shape index (κ2) is 2.14. The van der Waals surface area contributed by atoms with Crippen LogP contribution >= 0.6 is 11.3 Å². The Morgan fingerprint density at radius 1 is 1.71 bits per heavy atom. The molecule has 0 saturated carbocycles. The normalized spacial score (nSPS) is 8.71. The number of thiophene rings is 1. The highest BCUT2D eigenvalue weighted by atomic mass is 32.1. The molecule has 0 spiro atoms. The highest BCUT2D eigenvalue weighted by Gasteiger charge is 1.87. The van der Waals surface area contributed by atoms with Crippen LogP contribution in [0.15, 0.2) is 16.8 Å². The largest absolute Gasteiger partial charge is 0.450 e. The monoisotopic (exact) mass is 111 g/mol. The Morgan fingerprint density at radius 2 is 2.57 bits per heavy atom. The van der Waals surface area contributed by atoms with Gasteiger partial charge in [0, 0.05) is 0 Å². The lowest BCUT2D eigenvalue weighted by molar-refractivity contribution is 0.615. The van der Waals surface area contributed by atoms with E-state index in [9.17, 15) is 0 Å². The van der Waals surface area contributed by atoms with E-state index < -0.39 is 0 Å². The van der Waals surface area contributed by atoms with Crippen molar-refractivity contribution in [2.75, 3.05) is 0 Å². The molecule has 35 valence electrons. The van der Waals surface area contributed by atoms with Crippen molar-refractivity contribution in [3.05, 3.63) is 16.8 Å². The SMILES string of the molecule is O[B]c1ccsc1. The van der Waals surface area contributed by atoms with Gasteiger partial charge in [-0.25, -0.2) is 0 Å². The molecule has 1 aromatic heterocycles. The second-order valence-corrected chi connectivity index (χ2v) is 1.97. The summed E-state index contributed by atoms with van der Waals surface area (Å²) in [6.45, 7) is 0. The van der Waals surface area contributed by atoms with Crippen LogP contribution in [-0.2, 0) is 0 Å². The Balaban J connectivity index is 2.76. The lowest BCUT2D eigenvalue weighted by Crippen LogP contribution is -2.08. The van der Waals surface area contributed by atoms with Crippen LogP contribution in [0.3, 0.4) is 0 Å². The zero-order valence-corrected chi connectivity index (χ0v) is 4.48. The van der Waals surface area contributed by atoms with Crippen molar-refractivity contribution in [1.29, 1.82) is 0 Å². The molecule has 1 radical (unpaired) electrons. The van der Waals surface area contributed by atoms with Gasteiger partial charge < -0.3 is 5.02 Å². The highest BCUT2D eigenvalue weighted by Crippen LogP contribution is 1.89. The van der Waals surface area contributed by atoms with Crippen LogP contribution in [-0.4, -0.2) is 12.5 Å². The molecule has 0 aromatic carbocycles. The van der Waals surface area contributed by atoms with Gasteiger partial charge in [0.25, 0.3) is 0 Å². The number of hydrogen-bond acceptors (Lipinski definition) is 2. The lowest BCUT2D eigenvalue weighted by atomic mass is 9.93. The maximum absolute atomic E-state index is 8.31. The van der Waals surface area contributed by atoms with Crippen molar-refractivity contribution in [2.24, 2.45) is 0 Å². The minimum absolute atomic E-state index is 0.880. The molecule has 0 saturated heterocycles. The molecule has 1 aromatic rings. The molecule has 1 N–H and O–H groups in total. The van der Waals surface area contributed by atoms with E-state index in [4.69, 9.17) is 5.02 Å². The molecule has 0 amide bonds. The van der Waals surface area contributed by atoms with Crippen LogP contribution in [0.4, 0.5) is 0 Å². The van der Waals surface area contributed by atoms with Crippen LogP contribution in [0, 0.1) is 0 Å². The third-order valence-corrected chi connectivity index (χ3v) is 1.39. The molecule has 0 aliphatic rings. The molecule has 1 heterocycles. The molecule has 1 rings (SSSR count). The van der Waals surface area contributed by atoms with Gasteiger partial charge in [-0.3, -0.25) is 0 Å². The zero-order valence-electron chi connectivity index (χ0n) is 3.66. The van der Waals surface area contributed by atoms with E-state index in [1.807, 2.05) is 16.8 Å². The fourth-order valence-corrected chi connectivity index (χ4v) is 0.959. The summed E-state index contributed by atoms with van der Waals surface area (Å²) >= 11 is 1.57. The minimum Gasteiger partial charge on any atom is -0.450 e. The van der Waals surface area contributed by atoms with Crippen molar-refractivity contribution in [1.82, 2.24) is 0 Å². The summed E-state index contributed by atoms with van der Waals surface area (Å²) in [5.74, 6) is 0. The summed E-state index contributed by atoms with van der Waals surface area (Å²) in [6, 6.07) is 1.85. The number of hydrogen-bond donors (Lipinski definition) is 1. The zero-order chi connectivity index (χ0) is 5.11. The van der Waals surface area contributed by atoms with Crippen LogP contribution in [0.1, 0.15) is 0 Å². The Morgan fingerprint density at radius 3 is 2.86 bits per heavy atom. The predicted octanol–water partition coefficient (Wildman–Crippen LogP) is -0.0151. The first kappa shape index (κ1) is 4.87. The van der Waals surface area contributed by atoms with E-state index in [2.05, 4.69) is 0 Å². The van der Waals surface area contributed by atoms with Crippen LogP contribution in [0.25, 0.3) is 0 Å². The molecule has 0 fully saturated rings. The van der Waals surface area contributed by atoms with Gasteiger partial charge in [0.15, 0.2) is 0 Å². The Bertz CT molecular complexity index is 126. The topological polar surface area (TPSA) is 20.2 Å². The summed E-state index contributed by atoms with van der Waals surface area (Å²) < 4.78 is 0. The van der Waals surface area contributed by atoms with Crippen LogP contribution < -0.4 is 5.46 Å². The Hall–Kier alpha value is -0.275. The fraction of sp³-hybridized carbons (Fsp3) is 0. The molecule has 0 unspecified atom stereocenters. The van der Waals surface area contributed by atoms with Gasteiger partial charge in [-0.05, 0) is 16.2 Å². The van der Waals surface area contributed by atoms with E-state index in [-0.39, 0.29) is 0 Å². The fourth-order valence-electron chi connectivity index (χ4n) is 0.348. The molecule has 0 bridgehead atoms. The Labute approximate surface area is 46.9 Å². The van der Waals surface area contributed by atoms with E-state index in [1.165, 1.54) is 0 Å². The van der Waals surface area contributed by atoms with Crippen molar-refractivity contribution < 1.29 is 5.02 Å². The molecule has 0 aliphatic carbocycles. The number of rotatable bonds is 1. The summed E-state index contributed by atoms with van der Waals surface area (Å²) in [4.78, 5) is 0. The molecule has 7 heavy (non-hydrogen) atoms. The van der Waals surface area contributed by atoms with Crippen LogP contribution in [0.5, 0.6) is 0 Å². The van der Waals surface area contributed by atoms with Crippen LogP contribution in [0.2, 0.25) is 0 Å². The average Bonchev–Trinajstić information content (AvgIpc) is 2.14. The molecular weight excluding hydrogens is 107 g/mol. The van der Waals surface area contributed by atoms with Crippen molar-refractivity contribution >= 4 is 24.3 Å². The quantitative estimate of drug-likeness (QED) is 0.505. The summed E-state index contributed by atoms with van der Waals surface area (Å²) in [5, 5.41) is 12.1. The highest BCUT2D eigenvalue weighted by molar-refractivity contribution is 7.08. The first-order chi connectivity index (χ1) is 3.43. The first-order valence-corrected chi connectivity index (χ1v) is 2.87. The summed E-state index contributed by atoms with van der Waals surface area (Å²) in [6.07, 6.45) is 0. The average molecular weight is 111 g/mol. The van der Waals surface area contributed by atoms with Gasteiger partial charge in [-0.2, -0.15) is 11.3 Å². The van der Waals surface area contributed by atoms with Gasteiger partial charge in [0.05, 0.1) is 0 Å². The second-order valence-electron chi connectivity index (χ2n) is 1.19. The molecule has 0 aliphatic heterocycles. The van der Waals surface area contributed by atoms with Crippen molar-refractivity contribution in [3.63, 3.8) is 0 Å².